The third-order valence-corrected chi connectivity index (χ3v) is 3.33. The van der Waals surface area contributed by atoms with Crippen LogP contribution >= 0.6 is 0 Å². The Morgan fingerprint density at radius 1 is 0.778 bits per heavy atom. The lowest BCUT2D eigenvalue weighted by atomic mass is 9.99. The van der Waals surface area contributed by atoms with Gasteiger partial charge in [-0.3, -0.25) is 0 Å². The second-order valence-corrected chi connectivity index (χ2v) is 4.41. The van der Waals surface area contributed by atoms with E-state index in [1.54, 1.807) is 0 Å². The smallest absolute Gasteiger partial charge is 0.0106 e. The largest absolute Gasteiger partial charge is 0.0984 e. The van der Waals surface area contributed by atoms with Crippen LogP contribution in [0.1, 0.15) is 87.3 Å². The van der Waals surface area contributed by atoms with Gasteiger partial charge in [-0.2, -0.15) is 0 Å². The number of hydrogen-bond acceptors (Lipinski definition) is 0. The van der Waals surface area contributed by atoms with Crippen molar-refractivity contribution in [3.05, 3.63) is 70.2 Å². The van der Waals surface area contributed by atoms with Gasteiger partial charge in [0.05, 0.1) is 0 Å². The molecule has 0 aliphatic heterocycles. The van der Waals surface area contributed by atoms with E-state index < -0.39 is 0 Å². The molecule has 1 aromatic carbocycles. The van der Waals surface area contributed by atoms with E-state index in [2.05, 4.69) is 44.9 Å². The number of benzene rings is 1. The fourth-order valence-corrected chi connectivity index (χ4v) is 2.02. The van der Waals surface area contributed by atoms with Crippen LogP contribution in [-0.4, -0.2) is 0 Å². The molecule has 0 radical (unpaired) electrons. The van der Waals surface area contributed by atoms with Crippen LogP contribution < -0.4 is 10.4 Å². The van der Waals surface area contributed by atoms with E-state index >= 15 is 0 Å². The van der Waals surface area contributed by atoms with Crippen LogP contribution in [0.25, 0.3) is 24.8 Å². The minimum absolute atomic E-state index is 1.00. The molecule has 0 spiro atoms. The number of allylic oxidation sites excluding steroid dienone is 4. The molecule has 0 saturated heterocycles. The molecule has 0 heterocycles. The lowest BCUT2D eigenvalue weighted by molar-refractivity contribution is 1.39. The molecule has 0 saturated carbocycles. The standard InChI is InChI=1S/C19H22.4C2H6/c1-7-14(5)17(9-3)13-19-15(6)11-12-16(8-2)18(19)10-4;4*1-2/h7-13H,2,4,6H2,1,3,5H3;4*1-2H3/b14-7-,17-9-,19-13+;;;;. The molecule has 0 nitrogen and oxygen atoms in total. The maximum atomic E-state index is 4.12. The molecule has 0 aliphatic carbocycles. The Bertz CT molecular complexity index is 652. The zero-order valence-electron chi connectivity index (χ0n) is 20.2. The molecule has 0 amide bonds. The Kier molecular flexibility index (Phi) is 28.9. The minimum Gasteiger partial charge on any atom is -0.0984 e. The van der Waals surface area contributed by atoms with E-state index in [0.717, 1.165) is 21.6 Å². The molecule has 0 N–H and O–H groups in total. The van der Waals surface area contributed by atoms with Gasteiger partial charge < -0.3 is 0 Å². The van der Waals surface area contributed by atoms with E-state index in [1.165, 1.54) is 11.1 Å². The molecule has 0 unspecified atom stereocenters. The fourth-order valence-electron chi connectivity index (χ4n) is 2.02. The highest BCUT2D eigenvalue weighted by atomic mass is 14.0. The van der Waals surface area contributed by atoms with Crippen LogP contribution in [0, 0.1) is 0 Å². The number of rotatable bonds is 4. The molecular formula is C27H46. The average Bonchev–Trinajstić information content (AvgIpc) is 2.77. The highest BCUT2D eigenvalue weighted by molar-refractivity contribution is 5.68. The second-order valence-electron chi connectivity index (χ2n) is 4.41. The quantitative estimate of drug-likeness (QED) is 0.469. The van der Waals surface area contributed by atoms with Gasteiger partial charge in [-0.25, -0.2) is 0 Å². The highest BCUT2D eigenvalue weighted by Crippen LogP contribution is 2.11. The summed E-state index contributed by atoms with van der Waals surface area (Å²) in [6, 6.07) is 4.05. The third-order valence-electron chi connectivity index (χ3n) is 3.33. The summed E-state index contributed by atoms with van der Waals surface area (Å²) >= 11 is 0. The van der Waals surface area contributed by atoms with Gasteiger partial charge in [-0.05, 0) is 59.6 Å². The molecule has 0 fully saturated rings. The Balaban J connectivity index is -0.000000292. The van der Waals surface area contributed by atoms with Crippen LogP contribution in [-0.2, 0) is 0 Å². The molecule has 0 aliphatic rings. The van der Waals surface area contributed by atoms with Crippen molar-refractivity contribution in [2.75, 3.05) is 0 Å². The van der Waals surface area contributed by atoms with Crippen LogP contribution in [0.5, 0.6) is 0 Å². The van der Waals surface area contributed by atoms with Gasteiger partial charge in [0, 0.05) is 0 Å². The molecule has 0 aromatic heterocycles. The minimum atomic E-state index is 1.00. The van der Waals surface area contributed by atoms with Gasteiger partial charge in [-0.15, -0.1) is 0 Å². The molecular weight excluding hydrogens is 324 g/mol. The van der Waals surface area contributed by atoms with Crippen molar-refractivity contribution in [3.8, 4) is 0 Å². The maximum Gasteiger partial charge on any atom is -0.0106 e. The van der Waals surface area contributed by atoms with Crippen molar-refractivity contribution in [1.29, 1.82) is 0 Å². The van der Waals surface area contributed by atoms with Crippen LogP contribution in [0.3, 0.4) is 0 Å². The van der Waals surface area contributed by atoms with Gasteiger partial charge in [0.15, 0.2) is 0 Å². The highest BCUT2D eigenvalue weighted by Gasteiger charge is 2.00. The van der Waals surface area contributed by atoms with Crippen molar-refractivity contribution >= 4 is 24.8 Å². The Hall–Kier alpha value is -2.08. The predicted molar refractivity (Wildman–Crippen MR) is 134 cm³/mol. The van der Waals surface area contributed by atoms with Crippen LogP contribution in [0.15, 0.2) is 48.6 Å². The van der Waals surface area contributed by atoms with E-state index in [1.807, 2.05) is 93.5 Å². The summed E-state index contributed by atoms with van der Waals surface area (Å²) in [6.45, 7) is 34.1. The molecule has 0 heteroatoms. The van der Waals surface area contributed by atoms with Crippen molar-refractivity contribution < 1.29 is 0 Å². The summed E-state index contributed by atoms with van der Waals surface area (Å²) in [5.74, 6) is 0. The second kappa shape index (κ2) is 23.9. The van der Waals surface area contributed by atoms with Gasteiger partial charge in [-0.1, -0.05) is 112 Å². The molecule has 1 rings (SSSR count). The zero-order chi connectivity index (χ0) is 22.4. The summed E-state index contributed by atoms with van der Waals surface area (Å²) in [5.41, 5.74) is 4.63. The van der Waals surface area contributed by atoms with E-state index in [9.17, 15) is 0 Å². The first-order valence-corrected chi connectivity index (χ1v) is 10.5. The fraction of sp³-hybridized carbons (Fsp3) is 0.407. The summed E-state index contributed by atoms with van der Waals surface area (Å²) < 4.78 is 0. The SMILES string of the molecule is C=Cc1ccc(=C)\c(=C/C(=C/C)C(/C)=C\C)c1C=C.CC.CC.CC.CC. The van der Waals surface area contributed by atoms with Gasteiger partial charge in [0.25, 0.3) is 0 Å². The summed E-state index contributed by atoms with van der Waals surface area (Å²) in [6.07, 6.45) is 10.1. The van der Waals surface area contributed by atoms with Crippen molar-refractivity contribution in [2.45, 2.75) is 76.2 Å². The first-order chi connectivity index (χ1) is 13.1. The van der Waals surface area contributed by atoms with E-state index in [0.29, 0.717) is 0 Å². The van der Waals surface area contributed by atoms with E-state index in [-0.39, 0.29) is 0 Å². The number of hydrogen-bond donors (Lipinski definition) is 0. The van der Waals surface area contributed by atoms with Crippen LogP contribution in [0.2, 0.25) is 0 Å². The lowest BCUT2D eigenvalue weighted by Gasteiger charge is -2.06. The lowest BCUT2D eigenvalue weighted by Crippen LogP contribution is -2.27. The van der Waals surface area contributed by atoms with Gasteiger partial charge in [0.2, 0.25) is 0 Å². The van der Waals surface area contributed by atoms with Crippen molar-refractivity contribution in [2.24, 2.45) is 0 Å². The Labute approximate surface area is 171 Å². The normalized spacial score (nSPS) is 10.4. The van der Waals surface area contributed by atoms with E-state index in [4.69, 9.17) is 0 Å². The first-order valence-electron chi connectivity index (χ1n) is 10.5. The van der Waals surface area contributed by atoms with Gasteiger partial charge >= 0.3 is 0 Å². The maximum absolute atomic E-state index is 4.12. The molecule has 154 valence electrons. The van der Waals surface area contributed by atoms with Crippen molar-refractivity contribution in [3.63, 3.8) is 0 Å². The Morgan fingerprint density at radius 3 is 1.59 bits per heavy atom. The molecule has 27 heavy (non-hydrogen) atoms. The molecule has 1 aromatic rings. The van der Waals surface area contributed by atoms with Gasteiger partial charge in [0.1, 0.15) is 0 Å². The molecule has 0 bridgehead atoms. The summed E-state index contributed by atoms with van der Waals surface area (Å²) in [5, 5.41) is 2.12. The summed E-state index contributed by atoms with van der Waals surface area (Å²) in [4.78, 5) is 0. The molecule has 0 atom stereocenters. The third kappa shape index (κ3) is 12.0. The Morgan fingerprint density at radius 2 is 1.26 bits per heavy atom. The van der Waals surface area contributed by atoms with Crippen LogP contribution in [0.4, 0.5) is 0 Å². The van der Waals surface area contributed by atoms with Crippen molar-refractivity contribution in [1.82, 2.24) is 0 Å². The average molecular weight is 371 g/mol. The topological polar surface area (TPSA) is 0 Å². The summed E-state index contributed by atoms with van der Waals surface area (Å²) in [7, 11) is 0. The monoisotopic (exact) mass is 370 g/mol. The predicted octanol–water partition coefficient (Wildman–Crippen LogP) is 8.18. The zero-order valence-corrected chi connectivity index (χ0v) is 20.2. The first kappa shape index (κ1) is 32.6.